The van der Waals surface area contributed by atoms with E-state index in [9.17, 15) is 9.18 Å². The van der Waals surface area contributed by atoms with E-state index in [4.69, 9.17) is 5.26 Å². The van der Waals surface area contributed by atoms with Crippen LogP contribution in [0.15, 0.2) is 48.7 Å². The third-order valence-electron chi connectivity index (χ3n) is 3.46. The molecule has 0 unspecified atom stereocenters. The highest BCUT2D eigenvalue weighted by Gasteiger charge is 2.07. The number of aldehydes is 1. The summed E-state index contributed by atoms with van der Waals surface area (Å²) in [6.45, 7) is 0.381. The zero-order valence-electron chi connectivity index (χ0n) is 11.1. The summed E-state index contributed by atoms with van der Waals surface area (Å²) in [5.74, 6) is -0.367. The van der Waals surface area contributed by atoms with Crippen molar-refractivity contribution in [3.8, 4) is 6.07 Å². The molecule has 4 heteroatoms. The van der Waals surface area contributed by atoms with E-state index in [0.717, 1.165) is 17.2 Å². The van der Waals surface area contributed by atoms with Gasteiger partial charge in [0.2, 0.25) is 0 Å². The number of hydrogen-bond donors (Lipinski definition) is 0. The fourth-order valence-corrected chi connectivity index (χ4v) is 2.40. The Morgan fingerprint density at radius 3 is 2.81 bits per heavy atom. The maximum atomic E-state index is 13.4. The van der Waals surface area contributed by atoms with Crippen LogP contribution in [0.1, 0.15) is 21.5 Å². The van der Waals surface area contributed by atoms with Crippen LogP contribution in [0.2, 0.25) is 0 Å². The molecule has 1 aromatic heterocycles. The van der Waals surface area contributed by atoms with Crippen LogP contribution in [-0.4, -0.2) is 10.9 Å². The number of hydrogen-bond acceptors (Lipinski definition) is 2. The summed E-state index contributed by atoms with van der Waals surface area (Å²) in [5, 5.41) is 10.1. The fraction of sp³-hybridized carbons (Fsp3) is 0.0588. The van der Waals surface area contributed by atoms with Crippen molar-refractivity contribution in [1.29, 1.82) is 5.26 Å². The lowest BCUT2D eigenvalue weighted by atomic mass is 10.1. The summed E-state index contributed by atoms with van der Waals surface area (Å²) in [5.41, 5.74) is 2.53. The minimum absolute atomic E-state index is 0.367. The van der Waals surface area contributed by atoms with Crippen molar-refractivity contribution in [2.24, 2.45) is 0 Å². The van der Waals surface area contributed by atoms with Crippen LogP contribution in [0.25, 0.3) is 10.9 Å². The monoisotopic (exact) mass is 278 g/mol. The number of halogens is 1. The van der Waals surface area contributed by atoms with Crippen molar-refractivity contribution in [1.82, 2.24) is 4.57 Å². The summed E-state index contributed by atoms with van der Waals surface area (Å²) in [4.78, 5) is 10.9. The van der Waals surface area contributed by atoms with Gasteiger partial charge in [0.1, 0.15) is 12.1 Å². The molecule has 2 aromatic carbocycles. The molecular weight excluding hydrogens is 267 g/mol. The molecule has 0 bridgehead atoms. The number of aromatic nitrogens is 1. The molecule has 21 heavy (non-hydrogen) atoms. The van der Waals surface area contributed by atoms with Crippen molar-refractivity contribution < 1.29 is 9.18 Å². The van der Waals surface area contributed by atoms with Gasteiger partial charge < -0.3 is 4.57 Å². The highest BCUT2D eigenvalue weighted by molar-refractivity contribution is 5.87. The highest BCUT2D eigenvalue weighted by atomic mass is 19.1. The van der Waals surface area contributed by atoms with E-state index in [1.165, 1.54) is 18.2 Å². The first-order valence-corrected chi connectivity index (χ1v) is 6.44. The van der Waals surface area contributed by atoms with Gasteiger partial charge in [-0.3, -0.25) is 4.79 Å². The Labute approximate surface area is 120 Å². The molecule has 0 atom stereocenters. The van der Waals surface area contributed by atoms with Crippen LogP contribution < -0.4 is 0 Å². The fourth-order valence-electron chi connectivity index (χ4n) is 2.40. The van der Waals surface area contributed by atoms with Gasteiger partial charge in [0.25, 0.3) is 0 Å². The summed E-state index contributed by atoms with van der Waals surface area (Å²) in [7, 11) is 0. The third-order valence-corrected chi connectivity index (χ3v) is 3.46. The number of nitriles is 1. The molecule has 3 nitrogen and oxygen atoms in total. The number of benzene rings is 2. The Morgan fingerprint density at radius 1 is 1.19 bits per heavy atom. The molecule has 0 N–H and O–H groups in total. The molecule has 0 saturated heterocycles. The first-order valence-electron chi connectivity index (χ1n) is 6.44. The molecule has 0 aliphatic carbocycles. The lowest BCUT2D eigenvalue weighted by Gasteiger charge is -2.08. The quantitative estimate of drug-likeness (QED) is 0.688. The SMILES string of the molecule is N#Cc1ccc(F)cc1Cn1ccc2ccc(C=O)cc21. The van der Waals surface area contributed by atoms with E-state index in [1.54, 1.807) is 12.1 Å². The molecule has 1 heterocycles. The van der Waals surface area contributed by atoms with E-state index in [1.807, 2.05) is 22.9 Å². The normalized spacial score (nSPS) is 10.5. The van der Waals surface area contributed by atoms with Crippen molar-refractivity contribution >= 4 is 17.2 Å². The van der Waals surface area contributed by atoms with E-state index in [2.05, 4.69) is 6.07 Å². The number of carbonyl (C=O) groups excluding carboxylic acids is 1. The number of carbonyl (C=O) groups is 1. The van der Waals surface area contributed by atoms with Gasteiger partial charge in [-0.1, -0.05) is 12.1 Å². The summed E-state index contributed by atoms with van der Waals surface area (Å²) >= 11 is 0. The molecule has 3 rings (SSSR count). The van der Waals surface area contributed by atoms with Crippen molar-refractivity contribution in [2.45, 2.75) is 6.54 Å². The molecular formula is C17H11FN2O. The molecule has 0 saturated carbocycles. The maximum Gasteiger partial charge on any atom is 0.150 e. The van der Waals surface area contributed by atoms with Crippen LogP contribution >= 0.6 is 0 Å². The van der Waals surface area contributed by atoms with Crippen molar-refractivity contribution in [2.75, 3.05) is 0 Å². The molecule has 0 radical (unpaired) electrons. The Bertz CT molecular complexity index is 874. The van der Waals surface area contributed by atoms with Crippen LogP contribution in [0, 0.1) is 17.1 Å². The summed E-state index contributed by atoms with van der Waals surface area (Å²) in [6, 6.07) is 13.5. The molecule has 0 aliphatic rings. The standard InChI is InChI=1S/C17H11FN2O/c18-16-4-3-14(9-19)15(8-16)10-20-6-5-13-2-1-12(11-21)7-17(13)20/h1-8,11H,10H2. The van der Waals surface area contributed by atoms with Gasteiger partial charge in [-0.05, 0) is 41.3 Å². The largest absolute Gasteiger partial charge is 0.343 e. The van der Waals surface area contributed by atoms with Crippen LogP contribution in [0.3, 0.4) is 0 Å². The average molecular weight is 278 g/mol. The molecule has 0 fully saturated rings. The minimum atomic E-state index is -0.367. The van der Waals surface area contributed by atoms with E-state index < -0.39 is 0 Å². The van der Waals surface area contributed by atoms with Gasteiger partial charge in [0, 0.05) is 23.8 Å². The Kier molecular flexibility index (Phi) is 3.25. The Morgan fingerprint density at radius 2 is 2.05 bits per heavy atom. The van der Waals surface area contributed by atoms with E-state index in [0.29, 0.717) is 23.2 Å². The number of rotatable bonds is 3. The lowest BCUT2D eigenvalue weighted by Crippen LogP contribution is -2.01. The number of nitrogens with zero attached hydrogens (tertiary/aromatic N) is 2. The first-order chi connectivity index (χ1) is 10.2. The second kappa shape index (κ2) is 5.22. The zero-order chi connectivity index (χ0) is 14.8. The zero-order valence-corrected chi connectivity index (χ0v) is 11.1. The van der Waals surface area contributed by atoms with Crippen LogP contribution in [0.4, 0.5) is 4.39 Å². The van der Waals surface area contributed by atoms with Crippen molar-refractivity contribution in [3.05, 3.63) is 71.2 Å². The average Bonchev–Trinajstić information content (AvgIpc) is 2.90. The minimum Gasteiger partial charge on any atom is -0.343 e. The molecule has 0 aliphatic heterocycles. The van der Waals surface area contributed by atoms with Crippen molar-refractivity contribution in [3.63, 3.8) is 0 Å². The first kappa shape index (κ1) is 13.1. The molecule has 0 spiro atoms. The van der Waals surface area contributed by atoms with E-state index in [-0.39, 0.29) is 5.82 Å². The van der Waals surface area contributed by atoms with Gasteiger partial charge in [-0.25, -0.2) is 4.39 Å². The number of fused-ring (bicyclic) bond motifs is 1. The predicted molar refractivity (Wildman–Crippen MR) is 77.5 cm³/mol. The predicted octanol–water partition coefficient (Wildman–Crippen LogP) is 3.51. The second-order valence-electron chi connectivity index (χ2n) is 4.79. The van der Waals surface area contributed by atoms with Gasteiger partial charge in [-0.2, -0.15) is 5.26 Å². The molecule has 102 valence electrons. The maximum absolute atomic E-state index is 13.4. The summed E-state index contributed by atoms with van der Waals surface area (Å²) in [6.07, 6.45) is 2.66. The topological polar surface area (TPSA) is 45.8 Å². The van der Waals surface area contributed by atoms with Crippen LogP contribution in [0.5, 0.6) is 0 Å². The lowest BCUT2D eigenvalue weighted by molar-refractivity contribution is 0.112. The van der Waals surface area contributed by atoms with Gasteiger partial charge in [0.15, 0.2) is 0 Å². The Balaban J connectivity index is 2.08. The molecule has 0 amide bonds. The smallest absolute Gasteiger partial charge is 0.150 e. The van der Waals surface area contributed by atoms with E-state index >= 15 is 0 Å². The van der Waals surface area contributed by atoms with Gasteiger partial charge in [0.05, 0.1) is 11.6 Å². The third kappa shape index (κ3) is 2.41. The molecule has 3 aromatic rings. The summed E-state index contributed by atoms with van der Waals surface area (Å²) < 4.78 is 15.3. The highest BCUT2D eigenvalue weighted by Crippen LogP contribution is 2.20. The van der Waals surface area contributed by atoms with Gasteiger partial charge >= 0.3 is 0 Å². The van der Waals surface area contributed by atoms with Gasteiger partial charge in [-0.15, -0.1) is 0 Å². The Hall–Kier alpha value is -2.93. The second-order valence-corrected chi connectivity index (χ2v) is 4.79. The van der Waals surface area contributed by atoms with Crippen LogP contribution in [-0.2, 0) is 6.54 Å².